The highest BCUT2D eigenvalue weighted by molar-refractivity contribution is 5.85. The van der Waals surface area contributed by atoms with E-state index < -0.39 is 0 Å². The summed E-state index contributed by atoms with van der Waals surface area (Å²) in [5, 5.41) is 0. The fourth-order valence-electron chi connectivity index (χ4n) is 2.51. The highest BCUT2D eigenvalue weighted by atomic mass is 35.5. The van der Waals surface area contributed by atoms with Crippen LogP contribution in [0.4, 0.5) is 0 Å². The number of rotatable bonds is 5. The van der Waals surface area contributed by atoms with Gasteiger partial charge in [0.15, 0.2) is 0 Å². The zero-order valence-electron chi connectivity index (χ0n) is 13.0. The van der Waals surface area contributed by atoms with Crippen LogP contribution in [0.2, 0.25) is 0 Å². The molecule has 3 aromatic rings. The average molecular weight is 327 g/mol. The van der Waals surface area contributed by atoms with Gasteiger partial charge in [-0.2, -0.15) is 0 Å². The zero-order chi connectivity index (χ0) is 15.4. The molecule has 1 heterocycles. The van der Waals surface area contributed by atoms with E-state index in [1.165, 1.54) is 0 Å². The molecule has 0 radical (unpaired) electrons. The molecule has 3 rings (SSSR count). The molecule has 23 heavy (non-hydrogen) atoms. The molecule has 0 saturated carbocycles. The van der Waals surface area contributed by atoms with Crippen LogP contribution in [0.5, 0.6) is 5.75 Å². The Morgan fingerprint density at radius 1 is 1.09 bits per heavy atom. The Labute approximate surface area is 142 Å². The molecule has 0 bridgehead atoms. The van der Waals surface area contributed by atoms with Crippen molar-refractivity contribution in [2.24, 2.45) is 0 Å². The van der Waals surface area contributed by atoms with Crippen LogP contribution in [0.15, 0.2) is 61.2 Å². The Hall–Kier alpha value is -2.52. The van der Waals surface area contributed by atoms with Crippen LogP contribution < -0.4 is 4.74 Å². The number of nitrogens with zero attached hydrogens (tertiary/aromatic N) is 2. The van der Waals surface area contributed by atoms with E-state index >= 15 is 0 Å². The van der Waals surface area contributed by atoms with E-state index in [0.717, 1.165) is 34.7 Å². The van der Waals surface area contributed by atoms with Gasteiger partial charge in [0.1, 0.15) is 11.6 Å². The zero-order valence-corrected chi connectivity index (χ0v) is 13.8. The highest BCUT2D eigenvalue weighted by Gasteiger charge is 2.06. The molecule has 0 amide bonds. The molecule has 4 heteroatoms. The van der Waals surface area contributed by atoms with Crippen LogP contribution in [-0.2, 0) is 6.54 Å². The Morgan fingerprint density at radius 3 is 2.61 bits per heavy atom. The Bertz CT molecular complexity index is 836. The van der Waals surface area contributed by atoms with Gasteiger partial charge in [0.05, 0.1) is 18.1 Å². The Morgan fingerprint density at radius 2 is 1.83 bits per heavy atom. The summed E-state index contributed by atoms with van der Waals surface area (Å²) in [5.74, 6) is 1.76. The van der Waals surface area contributed by atoms with Gasteiger partial charge in [-0.25, -0.2) is 4.98 Å². The van der Waals surface area contributed by atoms with E-state index in [4.69, 9.17) is 4.74 Å². The molecule has 0 aliphatic rings. The number of hydrogen-bond donors (Lipinski definition) is 0. The van der Waals surface area contributed by atoms with Gasteiger partial charge in [0.25, 0.3) is 0 Å². The fourth-order valence-corrected chi connectivity index (χ4v) is 2.51. The lowest BCUT2D eigenvalue weighted by molar-refractivity contribution is 0.414. The first-order chi connectivity index (χ1) is 10.8. The van der Waals surface area contributed by atoms with Crippen LogP contribution in [0, 0.1) is 0 Å². The molecule has 1 aromatic heterocycles. The first kappa shape index (κ1) is 16.8. The number of benzene rings is 2. The van der Waals surface area contributed by atoms with Gasteiger partial charge in [0.2, 0.25) is 0 Å². The van der Waals surface area contributed by atoms with Crippen molar-refractivity contribution in [3.8, 4) is 5.75 Å². The van der Waals surface area contributed by atoms with Crippen molar-refractivity contribution in [3.05, 3.63) is 72.6 Å². The average Bonchev–Trinajstić information content (AvgIpc) is 2.91. The SMILES string of the molecule is C=CCn1c(C=Cc2ccccc2OC)nc2ccccc21.Cl. The lowest BCUT2D eigenvalue weighted by Gasteiger charge is -2.04. The number of allylic oxidation sites excluding steroid dienone is 1. The molecule has 2 aromatic carbocycles. The Kier molecular flexibility index (Phi) is 5.61. The van der Waals surface area contributed by atoms with Gasteiger partial charge in [-0.05, 0) is 30.4 Å². The van der Waals surface area contributed by atoms with E-state index in [2.05, 4.69) is 22.2 Å². The molecular weight excluding hydrogens is 308 g/mol. The molecule has 0 atom stereocenters. The Balaban J connectivity index is 0.00000192. The molecule has 118 valence electrons. The maximum Gasteiger partial charge on any atom is 0.134 e. The minimum absolute atomic E-state index is 0. The van der Waals surface area contributed by atoms with E-state index in [-0.39, 0.29) is 12.4 Å². The maximum absolute atomic E-state index is 5.38. The van der Waals surface area contributed by atoms with Crippen molar-refractivity contribution in [3.63, 3.8) is 0 Å². The molecule has 0 aliphatic carbocycles. The standard InChI is InChI=1S/C19H18N2O.ClH/c1-3-14-21-17-10-6-5-9-16(17)20-19(21)13-12-15-8-4-7-11-18(15)22-2;/h3-13H,1,14H2,2H3;1H. The number of fused-ring (bicyclic) bond motifs is 1. The number of para-hydroxylation sites is 3. The normalized spacial score (nSPS) is 10.7. The molecule has 0 spiro atoms. The third kappa shape index (κ3) is 3.46. The molecule has 3 nitrogen and oxygen atoms in total. The quantitative estimate of drug-likeness (QED) is 0.628. The third-order valence-electron chi connectivity index (χ3n) is 3.55. The minimum atomic E-state index is 0. The summed E-state index contributed by atoms with van der Waals surface area (Å²) in [7, 11) is 1.68. The summed E-state index contributed by atoms with van der Waals surface area (Å²) in [6.45, 7) is 4.56. The number of methoxy groups -OCH3 is 1. The predicted molar refractivity (Wildman–Crippen MR) is 99.1 cm³/mol. The van der Waals surface area contributed by atoms with Gasteiger partial charge in [0, 0.05) is 12.1 Å². The van der Waals surface area contributed by atoms with E-state index in [9.17, 15) is 0 Å². The van der Waals surface area contributed by atoms with Gasteiger partial charge < -0.3 is 9.30 Å². The third-order valence-corrected chi connectivity index (χ3v) is 3.55. The lowest BCUT2D eigenvalue weighted by Crippen LogP contribution is -1.97. The topological polar surface area (TPSA) is 27.1 Å². The summed E-state index contributed by atoms with van der Waals surface area (Å²) in [6.07, 6.45) is 5.93. The van der Waals surface area contributed by atoms with Gasteiger partial charge in [-0.15, -0.1) is 19.0 Å². The minimum Gasteiger partial charge on any atom is -0.496 e. The van der Waals surface area contributed by atoms with Crippen LogP contribution in [0.3, 0.4) is 0 Å². The van der Waals surface area contributed by atoms with Crippen molar-refractivity contribution >= 4 is 35.6 Å². The highest BCUT2D eigenvalue weighted by Crippen LogP contribution is 2.22. The number of aromatic nitrogens is 2. The number of imidazole rings is 1. The van der Waals surface area contributed by atoms with Crippen LogP contribution in [-0.4, -0.2) is 16.7 Å². The number of ether oxygens (including phenoxy) is 1. The second-order valence-electron chi connectivity index (χ2n) is 4.93. The molecule has 0 N–H and O–H groups in total. The summed E-state index contributed by atoms with van der Waals surface area (Å²) in [4.78, 5) is 4.69. The smallest absolute Gasteiger partial charge is 0.134 e. The van der Waals surface area contributed by atoms with E-state index in [0.29, 0.717) is 0 Å². The summed E-state index contributed by atoms with van der Waals surface area (Å²) < 4.78 is 7.52. The van der Waals surface area contributed by atoms with Crippen molar-refractivity contribution in [2.45, 2.75) is 6.54 Å². The summed E-state index contributed by atoms with van der Waals surface area (Å²) in [6, 6.07) is 16.1. The molecule has 0 fully saturated rings. The van der Waals surface area contributed by atoms with Gasteiger partial charge in [-0.1, -0.05) is 36.4 Å². The summed E-state index contributed by atoms with van der Waals surface area (Å²) >= 11 is 0. The van der Waals surface area contributed by atoms with Crippen molar-refractivity contribution in [1.82, 2.24) is 9.55 Å². The van der Waals surface area contributed by atoms with Crippen LogP contribution >= 0.6 is 12.4 Å². The molecule has 0 saturated heterocycles. The van der Waals surface area contributed by atoms with Crippen LogP contribution in [0.1, 0.15) is 11.4 Å². The summed E-state index contributed by atoms with van der Waals surface area (Å²) in [5.41, 5.74) is 3.13. The lowest BCUT2D eigenvalue weighted by atomic mass is 10.2. The van der Waals surface area contributed by atoms with Crippen LogP contribution in [0.25, 0.3) is 23.2 Å². The van der Waals surface area contributed by atoms with E-state index in [1.807, 2.05) is 60.7 Å². The second kappa shape index (κ2) is 7.65. The number of hydrogen-bond acceptors (Lipinski definition) is 2. The second-order valence-corrected chi connectivity index (χ2v) is 4.93. The maximum atomic E-state index is 5.38. The number of halogens is 1. The van der Waals surface area contributed by atoms with Crippen molar-refractivity contribution in [1.29, 1.82) is 0 Å². The molecule has 0 aliphatic heterocycles. The van der Waals surface area contributed by atoms with E-state index in [1.54, 1.807) is 7.11 Å². The van der Waals surface area contributed by atoms with Gasteiger partial charge >= 0.3 is 0 Å². The largest absolute Gasteiger partial charge is 0.496 e. The van der Waals surface area contributed by atoms with Gasteiger partial charge in [-0.3, -0.25) is 0 Å². The first-order valence-corrected chi connectivity index (χ1v) is 7.20. The molecule has 0 unspecified atom stereocenters. The predicted octanol–water partition coefficient (Wildman–Crippen LogP) is 4.82. The molecular formula is C19H19ClN2O. The van der Waals surface area contributed by atoms with Crippen molar-refractivity contribution < 1.29 is 4.74 Å². The monoisotopic (exact) mass is 326 g/mol. The van der Waals surface area contributed by atoms with Crippen molar-refractivity contribution in [2.75, 3.05) is 7.11 Å². The first-order valence-electron chi connectivity index (χ1n) is 7.20. The fraction of sp³-hybridized carbons (Fsp3) is 0.105.